The smallest absolute Gasteiger partial charge is 0.142 e. The summed E-state index contributed by atoms with van der Waals surface area (Å²) >= 11 is 0. The molecular weight excluding hydrogens is 140 g/mol. The summed E-state index contributed by atoms with van der Waals surface area (Å²) in [5.74, 6) is 2.47. The number of hydrogen-bond acceptors (Lipinski definition) is 2. The Hall–Kier alpha value is -1.07. The Kier molecular flexibility index (Phi) is 6.36. The fourth-order valence-electron chi connectivity index (χ4n) is 0.683. The van der Waals surface area contributed by atoms with Crippen molar-refractivity contribution >= 4 is 6.29 Å². The van der Waals surface area contributed by atoms with Crippen molar-refractivity contribution in [3.8, 4) is 12.3 Å². The summed E-state index contributed by atoms with van der Waals surface area (Å²) in [6, 6.07) is 0. The summed E-state index contributed by atoms with van der Waals surface area (Å²) in [6.07, 6.45) is 9.96. The van der Waals surface area contributed by atoms with Crippen LogP contribution in [0.15, 0.2) is 12.2 Å². The quantitative estimate of drug-likeness (QED) is 0.275. The summed E-state index contributed by atoms with van der Waals surface area (Å²) in [7, 11) is 0. The second-order valence-electron chi connectivity index (χ2n) is 2.18. The Morgan fingerprint density at radius 2 is 2.36 bits per heavy atom. The predicted molar refractivity (Wildman–Crippen MR) is 43.9 cm³/mol. The van der Waals surface area contributed by atoms with Crippen molar-refractivity contribution in [1.29, 1.82) is 0 Å². The largest absolute Gasteiger partial charge is 0.389 e. The molecule has 11 heavy (non-hydrogen) atoms. The second kappa shape index (κ2) is 7.04. The molecular formula is C9H12O2. The molecule has 0 heterocycles. The number of hydrogen-bond donors (Lipinski definition) is 1. The lowest BCUT2D eigenvalue weighted by Crippen LogP contribution is -2.00. The average Bonchev–Trinajstić information content (AvgIpc) is 2.01. The lowest BCUT2D eigenvalue weighted by molar-refractivity contribution is -0.104. The summed E-state index contributed by atoms with van der Waals surface area (Å²) in [4.78, 5) is 9.81. The predicted octanol–water partition coefficient (Wildman–Crippen LogP) is 0.906. The minimum atomic E-state index is -0.534. The van der Waals surface area contributed by atoms with Crippen LogP contribution in [0.2, 0.25) is 0 Å². The number of aliphatic hydroxyl groups is 1. The Morgan fingerprint density at radius 1 is 1.64 bits per heavy atom. The topological polar surface area (TPSA) is 37.3 Å². The highest BCUT2D eigenvalue weighted by Crippen LogP contribution is 2.00. The van der Waals surface area contributed by atoms with Crippen molar-refractivity contribution < 1.29 is 9.90 Å². The van der Waals surface area contributed by atoms with Crippen LogP contribution in [0, 0.1) is 12.3 Å². The minimum absolute atomic E-state index is 0.534. The lowest BCUT2D eigenvalue weighted by Gasteiger charge is -2.00. The van der Waals surface area contributed by atoms with E-state index >= 15 is 0 Å². The molecule has 0 rings (SSSR count). The van der Waals surface area contributed by atoms with Gasteiger partial charge in [-0.2, -0.15) is 0 Å². The molecule has 0 bridgehead atoms. The van der Waals surface area contributed by atoms with Gasteiger partial charge in [-0.25, -0.2) is 0 Å². The van der Waals surface area contributed by atoms with E-state index in [0.717, 1.165) is 6.42 Å². The Bertz CT molecular complexity index is 165. The van der Waals surface area contributed by atoms with Gasteiger partial charge in [0.2, 0.25) is 0 Å². The van der Waals surface area contributed by atoms with E-state index < -0.39 is 6.10 Å². The molecule has 60 valence electrons. The molecule has 0 saturated heterocycles. The van der Waals surface area contributed by atoms with Crippen LogP contribution in [0.25, 0.3) is 0 Å². The first-order chi connectivity index (χ1) is 5.31. The van der Waals surface area contributed by atoms with E-state index in [9.17, 15) is 4.79 Å². The molecule has 1 N–H and O–H groups in total. The number of aldehydes is 1. The van der Waals surface area contributed by atoms with E-state index in [1.165, 1.54) is 12.2 Å². The molecule has 0 aliphatic carbocycles. The van der Waals surface area contributed by atoms with Gasteiger partial charge in [-0.3, -0.25) is 4.79 Å². The first-order valence-corrected chi connectivity index (χ1v) is 3.54. The minimum Gasteiger partial charge on any atom is -0.389 e. The standard InChI is InChI=1S/C9H12O2/c1-2-3-4-6-9(11)7-5-8-10/h1,5,7-9,11H,3-4,6H2/b7-5+/t9-/m0/s1. The summed E-state index contributed by atoms with van der Waals surface area (Å²) in [6.45, 7) is 0. The highest BCUT2D eigenvalue weighted by molar-refractivity contribution is 5.64. The van der Waals surface area contributed by atoms with Crippen LogP contribution >= 0.6 is 0 Å². The fourth-order valence-corrected chi connectivity index (χ4v) is 0.683. The van der Waals surface area contributed by atoms with E-state index in [1.54, 1.807) is 0 Å². The molecule has 0 amide bonds. The van der Waals surface area contributed by atoms with E-state index in [2.05, 4.69) is 5.92 Å². The Balaban J connectivity index is 3.37. The number of carbonyl (C=O) groups excluding carboxylic acids is 1. The van der Waals surface area contributed by atoms with Crippen molar-refractivity contribution in [1.82, 2.24) is 0 Å². The number of aliphatic hydroxyl groups excluding tert-OH is 1. The Labute approximate surface area is 66.9 Å². The SMILES string of the molecule is C#CCCC[C@H](O)/C=C/C=O. The zero-order valence-corrected chi connectivity index (χ0v) is 6.36. The molecule has 0 fully saturated rings. The van der Waals surface area contributed by atoms with Gasteiger partial charge in [0.05, 0.1) is 6.10 Å². The van der Waals surface area contributed by atoms with Crippen LogP contribution in [-0.2, 0) is 4.79 Å². The molecule has 2 nitrogen and oxygen atoms in total. The van der Waals surface area contributed by atoms with Gasteiger partial charge in [0.1, 0.15) is 6.29 Å². The molecule has 0 radical (unpaired) electrons. The van der Waals surface area contributed by atoms with Crippen LogP contribution in [0.3, 0.4) is 0 Å². The highest BCUT2D eigenvalue weighted by Gasteiger charge is 1.96. The van der Waals surface area contributed by atoms with E-state index in [1.807, 2.05) is 0 Å². The molecule has 0 saturated carbocycles. The van der Waals surface area contributed by atoms with Gasteiger partial charge in [0.15, 0.2) is 0 Å². The zero-order chi connectivity index (χ0) is 8.53. The number of allylic oxidation sites excluding steroid dienone is 1. The first kappa shape index (κ1) is 9.93. The number of carbonyl (C=O) groups is 1. The fraction of sp³-hybridized carbons (Fsp3) is 0.444. The third kappa shape index (κ3) is 6.82. The van der Waals surface area contributed by atoms with Crippen molar-refractivity contribution in [2.24, 2.45) is 0 Å². The van der Waals surface area contributed by atoms with Gasteiger partial charge in [-0.05, 0) is 18.9 Å². The van der Waals surface area contributed by atoms with Crippen molar-refractivity contribution in [2.75, 3.05) is 0 Å². The number of unbranched alkanes of at least 4 members (excludes halogenated alkanes) is 1. The summed E-state index contributed by atoms with van der Waals surface area (Å²) in [5.41, 5.74) is 0. The highest BCUT2D eigenvalue weighted by atomic mass is 16.3. The van der Waals surface area contributed by atoms with Crippen molar-refractivity contribution in [2.45, 2.75) is 25.4 Å². The maximum Gasteiger partial charge on any atom is 0.142 e. The third-order valence-corrected chi connectivity index (χ3v) is 1.23. The zero-order valence-electron chi connectivity index (χ0n) is 6.36. The van der Waals surface area contributed by atoms with Gasteiger partial charge >= 0.3 is 0 Å². The van der Waals surface area contributed by atoms with Crippen LogP contribution in [0.5, 0.6) is 0 Å². The summed E-state index contributed by atoms with van der Waals surface area (Å²) < 4.78 is 0. The molecule has 1 atom stereocenters. The molecule has 2 heteroatoms. The van der Waals surface area contributed by atoms with Crippen molar-refractivity contribution in [3.05, 3.63) is 12.2 Å². The van der Waals surface area contributed by atoms with Gasteiger partial charge in [0, 0.05) is 6.42 Å². The molecule has 0 aromatic heterocycles. The van der Waals surface area contributed by atoms with Gasteiger partial charge in [-0.1, -0.05) is 6.08 Å². The lowest BCUT2D eigenvalue weighted by atomic mass is 10.1. The number of rotatable bonds is 5. The second-order valence-corrected chi connectivity index (χ2v) is 2.18. The molecule has 0 aliphatic rings. The molecule has 0 aromatic rings. The van der Waals surface area contributed by atoms with Crippen molar-refractivity contribution in [3.63, 3.8) is 0 Å². The van der Waals surface area contributed by atoms with E-state index in [-0.39, 0.29) is 0 Å². The van der Waals surface area contributed by atoms with Crippen LogP contribution in [0.1, 0.15) is 19.3 Å². The average molecular weight is 152 g/mol. The van der Waals surface area contributed by atoms with E-state index in [4.69, 9.17) is 11.5 Å². The van der Waals surface area contributed by atoms with Gasteiger partial charge in [-0.15, -0.1) is 12.3 Å². The maximum absolute atomic E-state index is 9.81. The normalized spacial score (nSPS) is 12.7. The number of terminal acetylenes is 1. The van der Waals surface area contributed by atoms with Gasteiger partial charge < -0.3 is 5.11 Å². The monoisotopic (exact) mass is 152 g/mol. The molecule has 0 unspecified atom stereocenters. The van der Waals surface area contributed by atoms with Crippen LogP contribution in [0.4, 0.5) is 0 Å². The van der Waals surface area contributed by atoms with Crippen LogP contribution < -0.4 is 0 Å². The first-order valence-electron chi connectivity index (χ1n) is 3.54. The third-order valence-electron chi connectivity index (χ3n) is 1.23. The van der Waals surface area contributed by atoms with E-state index in [0.29, 0.717) is 19.1 Å². The maximum atomic E-state index is 9.81. The molecule has 0 aliphatic heterocycles. The molecule has 0 spiro atoms. The van der Waals surface area contributed by atoms with Crippen LogP contribution in [-0.4, -0.2) is 17.5 Å². The summed E-state index contributed by atoms with van der Waals surface area (Å²) in [5, 5.41) is 9.09. The Morgan fingerprint density at radius 3 is 2.91 bits per heavy atom. The molecule has 0 aromatic carbocycles. The van der Waals surface area contributed by atoms with Gasteiger partial charge in [0.25, 0.3) is 0 Å².